The minimum atomic E-state index is 0.519. The molecular formula is C28H21N3. The van der Waals surface area contributed by atoms with E-state index in [1.807, 2.05) is 43.3 Å². The first kappa shape index (κ1) is 18.8. The fourth-order valence-electron chi connectivity index (χ4n) is 4.33. The van der Waals surface area contributed by atoms with Crippen LogP contribution in [0, 0.1) is 23.7 Å². The molecule has 5 rings (SSSR count). The Bertz CT molecular complexity index is 1530. The van der Waals surface area contributed by atoms with Crippen LogP contribution in [0.4, 0.5) is 0 Å². The Hall–Kier alpha value is -4.16. The van der Waals surface area contributed by atoms with Crippen molar-refractivity contribution in [2.75, 3.05) is 0 Å². The Morgan fingerprint density at radius 2 is 1.58 bits per heavy atom. The minimum absolute atomic E-state index is 0.519. The number of nitrogens with zero attached hydrogens (tertiary/aromatic N) is 2. The molecule has 0 bridgehead atoms. The van der Waals surface area contributed by atoms with Gasteiger partial charge in [-0.05, 0) is 61.4 Å². The molecule has 3 nitrogen and oxygen atoms in total. The Morgan fingerprint density at radius 1 is 0.806 bits per heavy atom. The average Bonchev–Trinajstić information content (AvgIpc) is 3.12. The quantitative estimate of drug-likeness (QED) is 0.326. The molecule has 0 atom stereocenters. The smallest absolute Gasteiger partial charge is 0.0991 e. The summed E-state index contributed by atoms with van der Waals surface area (Å²) in [5.74, 6) is 0. The molecule has 1 heterocycles. The molecule has 148 valence electrons. The molecule has 1 aromatic heterocycles. The summed E-state index contributed by atoms with van der Waals surface area (Å²) in [5.41, 5.74) is 8.50. The zero-order chi connectivity index (χ0) is 21.5. The maximum Gasteiger partial charge on any atom is 0.0991 e. The van der Waals surface area contributed by atoms with E-state index in [9.17, 15) is 5.26 Å². The van der Waals surface area contributed by atoms with Crippen molar-refractivity contribution in [3.8, 4) is 22.9 Å². The number of rotatable bonds is 3. The summed E-state index contributed by atoms with van der Waals surface area (Å²) in [7, 11) is 0. The van der Waals surface area contributed by atoms with Crippen molar-refractivity contribution in [1.82, 2.24) is 4.57 Å². The van der Waals surface area contributed by atoms with Gasteiger partial charge in [0.2, 0.25) is 0 Å². The van der Waals surface area contributed by atoms with Crippen molar-refractivity contribution in [3.63, 3.8) is 0 Å². The van der Waals surface area contributed by atoms with Crippen molar-refractivity contribution >= 4 is 27.5 Å². The van der Waals surface area contributed by atoms with E-state index >= 15 is 0 Å². The van der Waals surface area contributed by atoms with Gasteiger partial charge in [-0.3, -0.25) is 0 Å². The van der Waals surface area contributed by atoms with E-state index in [4.69, 9.17) is 5.41 Å². The number of aryl methyl sites for hydroxylation is 1. The normalized spacial score (nSPS) is 11.0. The average molecular weight is 399 g/mol. The summed E-state index contributed by atoms with van der Waals surface area (Å²) < 4.78 is 2.26. The van der Waals surface area contributed by atoms with E-state index in [1.165, 1.54) is 16.3 Å². The van der Waals surface area contributed by atoms with Gasteiger partial charge in [0.1, 0.15) is 0 Å². The summed E-state index contributed by atoms with van der Waals surface area (Å²) in [4.78, 5) is 0. The van der Waals surface area contributed by atoms with Gasteiger partial charge in [-0.2, -0.15) is 5.26 Å². The Labute approximate surface area is 181 Å². The third kappa shape index (κ3) is 3.10. The Kier molecular flexibility index (Phi) is 4.42. The molecule has 3 heteroatoms. The predicted molar refractivity (Wildman–Crippen MR) is 128 cm³/mol. The summed E-state index contributed by atoms with van der Waals surface area (Å²) in [6, 6.07) is 31.0. The first-order valence-electron chi connectivity index (χ1n) is 10.3. The number of hydrogen-bond acceptors (Lipinski definition) is 2. The fourth-order valence-corrected chi connectivity index (χ4v) is 4.33. The highest BCUT2D eigenvalue weighted by atomic mass is 15.0. The van der Waals surface area contributed by atoms with Crippen LogP contribution in [-0.4, -0.2) is 10.3 Å². The maximum absolute atomic E-state index is 9.31. The number of nitrogens with one attached hydrogen (secondary N) is 1. The molecule has 0 aliphatic heterocycles. The molecule has 4 aromatic carbocycles. The summed E-state index contributed by atoms with van der Waals surface area (Å²) in [6.45, 7) is 3.94. The molecule has 0 aliphatic rings. The molecule has 0 saturated carbocycles. The van der Waals surface area contributed by atoms with Crippen LogP contribution in [0.3, 0.4) is 0 Å². The van der Waals surface area contributed by atoms with Gasteiger partial charge in [0, 0.05) is 22.0 Å². The first-order valence-corrected chi connectivity index (χ1v) is 10.3. The van der Waals surface area contributed by atoms with Crippen LogP contribution in [0.25, 0.3) is 38.6 Å². The Balaban J connectivity index is 1.87. The van der Waals surface area contributed by atoms with Gasteiger partial charge < -0.3 is 9.98 Å². The standard InChI is InChI=1S/C28H21N3/c1-18-10-13-27-25(14-18)24-8-3-4-9-26(24)31(27)28-16-22(11-12-23(28)19(2)30)21-7-5-6-20(15-21)17-29/h3-16,30H,1-2H3. The van der Waals surface area contributed by atoms with Crippen molar-refractivity contribution in [2.24, 2.45) is 0 Å². The number of nitriles is 1. The lowest BCUT2D eigenvalue weighted by Crippen LogP contribution is -2.04. The van der Waals surface area contributed by atoms with Gasteiger partial charge in [-0.15, -0.1) is 0 Å². The van der Waals surface area contributed by atoms with Crippen molar-refractivity contribution in [1.29, 1.82) is 10.7 Å². The van der Waals surface area contributed by atoms with Crippen LogP contribution >= 0.6 is 0 Å². The topological polar surface area (TPSA) is 52.6 Å². The van der Waals surface area contributed by atoms with Crippen LogP contribution in [0.1, 0.15) is 23.6 Å². The molecule has 0 radical (unpaired) electrons. The SMILES string of the molecule is CC(=N)c1ccc(-c2cccc(C#N)c2)cc1-n1c2ccccc2c2cc(C)ccc21. The molecule has 31 heavy (non-hydrogen) atoms. The maximum atomic E-state index is 9.31. The van der Waals surface area contributed by atoms with Gasteiger partial charge in [-0.1, -0.05) is 54.1 Å². The highest BCUT2D eigenvalue weighted by Gasteiger charge is 2.16. The van der Waals surface area contributed by atoms with Gasteiger partial charge in [-0.25, -0.2) is 0 Å². The number of hydrogen-bond donors (Lipinski definition) is 1. The van der Waals surface area contributed by atoms with Crippen molar-refractivity contribution in [2.45, 2.75) is 13.8 Å². The molecule has 0 fully saturated rings. The third-order valence-electron chi connectivity index (χ3n) is 5.80. The molecule has 0 aliphatic carbocycles. The molecular weight excluding hydrogens is 378 g/mol. The monoisotopic (exact) mass is 399 g/mol. The van der Waals surface area contributed by atoms with Gasteiger partial charge in [0.25, 0.3) is 0 Å². The molecule has 0 unspecified atom stereocenters. The largest absolute Gasteiger partial charge is 0.309 e. The predicted octanol–water partition coefficient (Wildman–Crippen LogP) is 7.02. The van der Waals surface area contributed by atoms with E-state index in [2.05, 4.69) is 66.1 Å². The lowest BCUT2D eigenvalue weighted by atomic mass is 9.99. The van der Waals surface area contributed by atoms with Crippen LogP contribution < -0.4 is 0 Å². The van der Waals surface area contributed by atoms with Crippen LogP contribution in [0.2, 0.25) is 0 Å². The zero-order valence-electron chi connectivity index (χ0n) is 17.5. The molecule has 0 saturated heterocycles. The van der Waals surface area contributed by atoms with E-state index in [0.29, 0.717) is 11.3 Å². The van der Waals surface area contributed by atoms with E-state index in [1.54, 1.807) is 0 Å². The minimum Gasteiger partial charge on any atom is -0.309 e. The zero-order valence-corrected chi connectivity index (χ0v) is 17.5. The summed E-state index contributed by atoms with van der Waals surface area (Å²) in [6.07, 6.45) is 0. The van der Waals surface area contributed by atoms with Crippen LogP contribution in [-0.2, 0) is 0 Å². The van der Waals surface area contributed by atoms with Gasteiger partial charge in [0.15, 0.2) is 0 Å². The lowest BCUT2D eigenvalue weighted by Gasteiger charge is -2.15. The third-order valence-corrected chi connectivity index (χ3v) is 5.80. The van der Waals surface area contributed by atoms with Gasteiger partial charge in [0.05, 0.1) is 28.4 Å². The second-order valence-corrected chi connectivity index (χ2v) is 7.92. The fraction of sp³-hybridized carbons (Fsp3) is 0.0714. The van der Waals surface area contributed by atoms with Crippen molar-refractivity contribution < 1.29 is 0 Å². The second kappa shape index (κ2) is 7.27. The first-order chi connectivity index (χ1) is 15.1. The summed E-state index contributed by atoms with van der Waals surface area (Å²) in [5, 5.41) is 20.1. The van der Waals surface area contributed by atoms with Gasteiger partial charge >= 0.3 is 0 Å². The van der Waals surface area contributed by atoms with Crippen LogP contribution in [0.5, 0.6) is 0 Å². The highest BCUT2D eigenvalue weighted by molar-refractivity contribution is 6.11. The van der Waals surface area contributed by atoms with Crippen LogP contribution in [0.15, 0.2) is 84.9 Å². The molecule has 5 aromatic rings. The lowest BCUT2D eigenvalue weighted by molar-refractivity contribution is 1.17. The molecule has 0 amide bonds. The Morgan fingerprint density at radius 3 is 2.39 bits per heavy atom. The van der Waals surface area contributed by atoms with E-state index < -0.39 is 0 Å². The second-order valence-electron chi connectivity index (χ2n) is 7.92. The van der Waals surface area contributed by atoms with Crippen molar-refractivity contribution in [3.05, 3.63) is 102 Å². The molecule has 0 spiro atoms. The number of para-hydroxylation sites is 1. The van der Waals surface area contributed by atoms with E-state index in [0.717, 1.165) is 33.4 Å². The number of benzene rings is 4. The van der Waals surface area contributed by atoms with E-state index in [-0.39, 0.29) is 0 Å². The highest BCUT2D eigenvalue weighted by Crippen LogP contribution is 2.35. The number of fused-ring (bicyclic) bond motifs is 3. The summed E-state index contributed by atoms with van der Waals surface area (Å²) >= 11 is 0. The number of aromatic nitrogens is 1. The molecule has 1 N–H and O–H groups in total.